The summed E-state index contributed by atoms with van der Waals surface area (Å²) in [5.74, 6) is -0.0789. The molecule has 0 bridgehead atoms. The number of ether oxygens (including phenoxy) is 1. The number of primary amides is 1. The van der Waals surface area contributed by atoms with Gasteiger partial charge in [-0.1, -0.05) is 23.9 Å². The van der Waals surface area contributed by atoms with Crippen molar-refractivity contribution >= 4 is 50.8 Å². The molecule has 0 unspecified atom stereocenters. The zero-order valence-electron chi connectivity index (χ0n) is 13.5. The van der Waals surface area contributed by atoms with Crippen LogP contribution in [0.15, 0.2) is 47.1 Å². The van der Waals surface area contributed by atoms with Crippen LogP contribution in [0.1, 0.15) is 0 Å². The minimum absolute atomic E-state index is 0.101. The van der Waals surface area contributed by atoms with Crippen LogP contribution in [0.25, 0.3) is 10.2 Å². The molecule has 132 valence electrons. The van der Waals surface area contributed by atoms with E-state index in [0.29, 0.717) is 11.4 Å². The van der Waals surface area contributed by atoms with Crippen molar-refractivity contribution in [3.05, 3.63) is 42.0 Å². The molecule has 9 heteroatoms. The molecule has 0 saturated heterocycles. The molecule has 0 radical (unpaired) electrons. The van der Waals surface area contributed by atoms with Crippen molar-refractivity contribution in [2.24, 2.45) is 5.73 Å². The van der Waals surface area contributed by atoms with E-state index in [1.165, 1.54) is 29.4 Å². The lowest BCUT2D eigenvalue weighted by Gasteiger charge is -2.33. The van der Waals surface area contributed by atoms with Crippen molar-refractivity contribution in [1.29, 1.82) is 0 Å². The summed E-state index contributed by atoms with van der Waals surface area (Å²) in [6.07, 6.45) is 0.639. The second-order valence-corrected chi connectivity index (χ2v) is 7.45. The third-order valence-corrected chi connectivity index (χ3v) is 5.76. The van der Waals surface area contributed by atoms with Gasteiger partial charge in [0.1, 0.15) is 21.9 Å². The number of amides is 2. The minimum atomic E-state index is -0.860. The predicted octanol–water partition coefficient (Wildman–Crippen LogP) is 2.06. The fourth-order valence-electron chi connectivity index (χ4n) is 2.71. The van der Waals surface area contributed by atoms with Gasteiger partial charge in [0, 0.05) is 5.39 Å². The number of anilines is 1. The molecule has 0 saturated carbocycles. The summed E-state index contributed by atoms with van der Waals surface area (Å²) in [4.78, 5) is 35.3. The Balaban J connectivity index is 1.55. The Labute approximate surface area is 157 Å². The van der Waals surface area contributed by atoms with E-state index in [2.05, 4.69) is 9.97 Å². The summed E-state index contributed by atoms with van der Waals surface area (Å²) in [5, 5.41) is 3.64. The number of para-hydroxylation sites is 2. The first-order valence-electron chi connectivity index (χ1n) is 7.80. The van der Waals surface area contributed by atoms with Gasteiger partial charge in [0.25, 0.3) is 5.91 Å². The molecular weight excluding hydrogens is 372 g/mol. The number of hydrogen-bond acceptors (Lipinski definition) is 7. The van der Waals surface area contributed by atoms with Gasteiger partial charge in [0.05, 0.1) is 18.0 Å². The topological polar surface area (TPSA) is 98.4 Å². The monoisotopic (exact) mass is 386 g/mol. The van der Waals surface area contributed by atoms with Crippen molar-refractivity contribution in [3.8, 4) is 5.75 Å². The molecule has 0 aliphatic carbocycles. The highest BCUT2D eigenvalue weighted by molar-refractivity contribution is 8.00. The molecule has 3 heterocycles. The predicted molar refractivity (Wildman–Crippen MR) is 101 cm³/mol. The summed E-state index contributed by atoms with van der Waals surface area (Å²) in [5.41, 5.74) is 6.02. The number of hydrogen-bond donors (Lipinski definition) is 1. The highest BCUT2D eigenvalue weighted by Gasteiger charge is 2.32. The van der Waals surface area contributed by atoms with Gasteiger partial charge in [-0.2, -0.15) is 0 Å². The summed E-state index contributed by atoms with van der Waals surface area (Å²) in [6, 6.07) is 9.06. The largest absolute Gasteiger partial charge is 0.477 e. The van der Waals surface area contributed by atoms with Gasteiger partial charge in [0.2, 0.25) is 5.91 Å². The second-order valence-electron chi connectivity index (χ2n) is 5.59. The highest BCUT2D eigenvalue weighted by atomic mass is 32.2. The molecule has 1 atom stereocenters. The summed E-state index contributed by atoms with van der Waals surface area (Å²) >= 11 is 2.88. The maximum Gasteiger partial charge on any atom is 0.260 e. The molecule has 4 rings (SSSR count). The second kappa shape index (κ2) is 6.93. The van der Waals surface area contributed by atoms with Gasteiger partial charge in [-0.15, -0.1) is 11.3 Å². The lowest BCUT2D eigenvalue weighted by Crippen LogP contribution is -2.49. The molecule has 2 aromatic heterocycles. The van der Waals surface area contributed by atoms with Gasteiger partial charge in [-0.25, -0.2) is 9.97 Å². The Morgan fingerprint density at radius 1 is 1.31 bits per heavy atom. The molecule has 2 amide bonds. The molecular formula is C17H14N4O3S2. The highest BCUT2D eigenvalue weighted by Crippen LogP contribution is 2.34. The Morgan fingerprint density at radius 3 is 3.00 bits per heavy atom. The van der Waals surface area contributed by atoms with E-state index in [1.54, 1.807) is 23.1 Å². The van der Waals surface area contributed by atoms with E-state index in [4.69, 9.17) is 10.5 Å². The van der Waals surface area contributed by atoms with Gasteiger partial charge in [-0.05, 0) is 23.6 Å². The van der Waals surface area contributed by atoms with Gasteiger partial charge >= 0.3 is 0 Å². The van der Waals surface area contributed by atoms with Crippen molar-refractivity contribution in [1.82, 2.24) is 9.97 Å². The first kappa shape index (κ1) is 16.8. The van der Waals surface area contributed by atoms with Crippen LogP contribution >= 0.6 is 23.1 Å². The number of carbonyl (C=O) groups is 2. The summed E-state index contributed by atoms with van der Waals surface area (Å²) in [7, 11) is 0. The molecule has 1 aliphatic heterocycles. The maximum absolute atomic E-state index is 12.8. The van der Waals surface area contributed by atoms with Crippen LogP contribution in [0.4, 0.5) is 5.69 Å². The third-order valence-electron chi connectivity index (χ3n) is 3.95. The van der Waals surface area contributed by atoms with Crippen LogP contribution < -0.4 is 15.4 Å². The molecule has 0 fully saturated rings. The van der Waals surface area contributed by atoms with Crippen LogP contribution in [0.3, 0.4) is 0 Å². The van der Waals surface area contributed by atoms with E-state index >= 15 is 0 Å². The van der Waals surface area contributed by atoms with E-state index in [9.17, 15) is 9.59 Å². The molecule has 1 aromatic carbocycles. The van der Waals surface area contributed by atoms with E-state index in [1.807, 2.05) is 17.5 Å². The maximum atomic E-state index is 12.8. The van der Waals surface area contributed by atoms with Crippen LogP contribution in [-0.4, -0.2) is 40.2 Å². The van der Waals surface area contributed by atoms with E-state index < -0.39 is 12.0 Å². The fraction of sp³-hybridized carbons (Fsp3) is 0.176. The van der Waals surface area contributed by atoms with Crippen LogP contribution in [-0.2, 0) is 9.59 Å². The van der Waals surface area contributed by atoms with Crippen molar-refractivity contribution in [2.75, 3.05) is 17.2 Å². The smallest absolute Gasteiger partial charge is 0.260 e. The first-order chi connectivity index (χ1) is 12.6. The fourth-order valence-corrected chi connectivity index (χ4v) is 4.36. The lowest BCUT2D eigenvalue weighted by molar-refractivity contribution is -0.125. The minimum Gasteiger partial charge on any atom is -0.477 e. The van der Waals surface area contributed by atoms with Gasteiger partial charge in [0.15, 0.2) is 6.10 Å². The number of rotatable bonds is 4. The number of carbonyl (C=O) groups excluding carboxylic acids is 2. The lowest BCUT2D eigenvalue weighted by atomic mass is 10.2. The Bertz CT molecular complexity index is 991. The van der Waals surface area contributed by atoms with E-state index in [0.717, 1.165) is 15.2 Å². The number of thiophene rings is 1. The van der Waals surface area contributed by atoms with Gasteiger partial charge in [-0.3, -0.25) is 9.59 Å². The van der Waals surface area contributed by atoms with Crippen molar-refractivity contribution in [3.63, 3.8) is 0 Å². The molecule has 0 spiro atoms. The normalized spacial score (nSPS) is 16.2. The van der Waals surface area contributed by atoms with Gasteiger partial charge < -0.3 is 15.4 Å². The average Bonchev–Trinajstić information content (AvgIpc) is 3.14. The zero-order chi connectivity index (χ0) is 18.1. The number of nitrogens with zero attached hydrogens (tertiary/aromatic N) is 3. The van der Waals surface area contributed by atoms with E-state index in [-0.39, 0.29) is 18.2 Å². The first-order valence-corrected chi connectivity index (χ1v) is 9.66. The Hall–Kier alpha value is -2.65. The summed E-state index contributed by atoms with van der Waals surface area (Å²) < 4.78 is 5.59. The van der Waals surface area contributed by atoms with Crippen molar-refractivity contribution < 1.29 is 14.3 Å². The van der Waals surface area contributed by atoms with Crippen LogP contribution in [0, 0.1) is 0 Å². The molecule has 1 aliphatic rings. The third kappa shape index (κ3) is 3.11. The molecule has 26 heavy (non-hydrogen) atoms. The van der Waals surface area contributed by atoms with Crippen LogP contribution in [0.2, 0.25) is 0 Å². The average molecular weight is 386 g/mol. The molecule has 7 nitrogen and oxygen atoms in total. The quantitative estimate of drug-likeness (QED) is 0.544. The number of aromatic nitrogens is 2. The number of fused-ring (bicyclic) bond motifs is 2. The SMILES string of the molecule is NC(=O)[C@@H]1CN(C(=O)CSc2ncnc3sccc23)c2ccccc2O1. The van der Waals surface area contributed by atoms with Crippen molar-refractivity contribution in [2.45, 2.75) is 11.1 Å². The molecule has 3 aromatic rings. The number of nitrogens with two attached hydrogens (primary N) is 1. The summed E-state index contributed by atoms with van der Waals surface area (Å²) in [6.45, 7) is 0.101. The molecule has 2 N–H and O–H groups in total. The van der Waals surface area contributed by atoms with Crippen LogP contribution in [0.5, 0.6) is 5.75 Å². The Morgan fingerprint density at radius 2 is 2.15 bits per heavy atom. The number of benzene rings is 1. The zero-order valence-corrected chi connectivity index (χ0v) is 15.1. The Kier molecular flexibility index (Phi) is 4.48. The number of thioether (sulfide) groups is 1. The standard InChI is InChI=1S/C17H14N4O3S2/c18-15(23)13-7-21(11-3-1-2-4-12(11)24-13)14(22)8-26-17-10-5-6-25-16(10)19-9-20-17/h1-6,9,13H,7-8H2,(H2,18,23)/t13-/m0/s1.